The third kappa shape index (κ3) is 5.51. The number of alkyl halides is 2. The second-order valence-electron chi connectivity index (χ2n) is 5.55. The summed E-state index contributed by atoms with van der Waals surface area (Å²) >= 11 is 0. The minimum Gasteiger partial charge on any atom is -0.481 e. The first-order chi connectivity index (χ1) is 12.9. The topological polar surface area (TPSA) is 188 Å². The Bertz CT molecular complexity index is 799. The first-order valence-electron chi connectivity index (χ1n) is 7.57. The van der Waals surface area contributed by atoms with Gasteiger partial charge in [-0.1, -0.05) is 0 Å². The third-order valence-electron chi connectivity index (χ3n) is 3.35. The molecule has 5 N–H and O–H groups in total. The Labute approximate surface area is 155 Å². The van der Waals surface area contributed by atoms with Crippen LogP contribution in [0.4, 0.5) is 19.4 Å². The number of hydrogen-bond acceptors (Lipinski definition) is 9. The van der Waals surface area contributed by atoms with Crippen molar-refractivity contribution < 1.29 is 48.3 Å². The molecule has 1 rings (SSSR count). The lowest BCUT2D eigenvalue weighted by Crippen LogP contribution is -2.53. The second-order valence-corrected chi connectivity index (χ2v) is 5.55. The van der Waals surface area contributed by atoms with E-state index in [0.717, 1.165) is 6.07 Å². The molecule has 0 spiro atoms. The minimum atomic E-state index is -4.63. The highest BCUT2D eigenvalue weighted by Crippen LogP contribution is 2.23. The van der Waals surface area contributed by atoms with Crippen LogP contribution in [0.15, 0.2) is 17.1 Å². The number of nitrogens with one attached hydrogen (secondary N) is 1. The molecular weight excluding hydrogens is 392 g/mol. The number of carboxylic acid groups (broad SMARTS) is 1. The molecule has 0 bridgehead atoms. The van der Waals surface area contributed by atoms with E-state index >= 15 is 0 Å². The van der Waals surface area contributed by atoms with Crippen molar-refractivity contribution in [1.29, 1.82) is 0 Å². The zero-order valence-electron chi connectivity index (χ0n) is 14.3. The number of aromatic nitrogens is 2. The maximum atomic E-state index is 13.9. The molecule has 1 heterocycles. The largest absolute Gasteiger partial charge is 0.481 e. The molecule has 156 valence electrons. The molecule has 0 saturated heterocycles. The number of rotatable bonds is 8. The number of aliphatic hydroxyl groups is 3. The average molecular weight is 409 g/mol. The number of amides is 1. The van der Waals surface area contributed by atoms with Gasteiger partial charge < -0.3 is 25.2 Å². The molecule has 14 heteroatoms. The second kappa shape index (κ2) is 9.29. The van der Waals surface area contributed by atoms with Gasteiger partial charge in [0.05, 0.1) is 12.5 Å². The minimum absolute atomic E-state index is 0.170. The van der Waals surface area contributed by atoms with E-state index < -0.39 is 66.7 Å². The molecule has 0 aliphatic heterocycles. The summed E-state index contributed by atoms with van der Waals surface area (Å²) < 4.78 is 32.1. The molecule has 0 aromatic carbocycles. The van der Waals surface area contributed by atoms with E-state index in [2.05, 4.69) is 9.72 Å². The number of ether oxygens (including phenoxy) is 1. The van der Waals surface area contributed by atoms with Gasteiger partial charge in [-0.05, 0) is 13.0 Å². The number of carbonyl (C=O) groups is 3. The normalized spacial score (nSPS) is 14.6. The predicted molar refractivity (Wildman–Crippen MR) is 84.9 cm³/mol. The highest BCUT2D eigenvalue weighted by molar-refractivity contribution is 5.87. The maximum absolute atomic E-state index is 13.9. The number of halogens is 2. The van der Waals surface area contributed by atoms with Crippen molar-refractivity contribution in [3.05, 3.63) is 22.7 Å². The van der Waals surface area contributed by atoms with Crippen LogP contribution in [0.3, 0.4) is 0 Å². The summed E-state index contributed by atoms with van der Waals surface area (Å²) in [6.07, 6.45) is -5.98. The van der Waals surface area contributed by atoms with Crippen molar-refractivity contribution >= 4 is 23.8 Å². The highest BCUT2D eigenvalue weighted by Gasteiger charge is 2.50. The third-order valence-corrected chi connectivity index (χ3v) is 3.35. The average Bonchev–Trinajstić information content (AvgIpc) is 2.64. The number of aliphatic hydroxyl groups excluding tert-OH is 3. The van der Waals surface area contributed by atoms with Gasteiger partial charge in [-0.3, -0.25) is 14.9 Å². The molecule has 0 saturated carbocycles. The molecule has 28 heavy (non-hydrogen) atoms. The van der Waals surface area contributed by atoms with Gasteiger partial charge in [0, 0.05) is 6.20 Å². The fourth-order valence-corrected chi connectivity index (χ4v) is 1.67. The van der Waals surface area contributed by atoms with Crippen LogP contribution in [0.25, 0.3) is 0 Å². The molecule has 1 aromatic rings. The van der Waals surface area contributed by atoms with Crippen LogP contribution in [0.2, 0.25) is 0 Å². The van der Waals surface area contributed by atoms with Gasteiger partial charge in [-0.15, -0.1) is 0 Å². The Balaban J connectivity index is 2.89. The summed E-state index contributed by atoms with van der Waals surface area (Å²) in [5.74, 6) is -9.57. The lowest BCUT2D eigenvalue weighted by Gasteiger charge is -2.24. The predicted octanol–water partition coefficient (Wildman–Crippen LogP) is -1.50. The lowest BCUT2D eigenvalue weighted by molar-refractivity contribution is -0.142. The van der Waals surface area contributed by atoms with Gasteiger partial charge in [0.15, 0.2) is 6.10 Å². The van der Waals surface area contributed by atoms with E-state index in [1.807, 2.05) is 5.32 Å². The van der Waals surface area contributed by atoms with Crippen molar-refractivity contribution in [2.45, 2.75) is 25.1 Å². The van der Waals surface area contributed by atoms with Crippen LogP contribution in [0.1, 0.15) is 11.7 Å². The number of hydrogen-bond donors (Lipinski definition) is 5. The van der Waals surface area contributed by atoms with Crippen molar-refractivity contribution in [3.63, 3.8) is 0 Å². The fourth-order valence-electron chi connectivity index (χ4n) is 1.67. The lowest BCUT2D eigenvalue weighted by atomic mass is 10.1. The Morgan fingerprint density at radius 2 is 1.96 bits per heavy atom. The number of anilines is 1. The van der Waals surface area contributed by atoms with E-state index in [9.17, 15) is 33.1 Å². The van der Waals surface area contributed by atoms with E-state index in [4.69, 9.17) is 15.3 Å². The quantitative estimate of drug-likeness (QED) is 0.338. The van der Waals surface area contributed by atoms with Gasteiger partial charge in [-0.25, -0.2) is 14.2 Å². The summed E-state index contributed by atoms with van der Waals surface area (Å²) in [6, 6.07) is 0.784. The van der Waals surface area contributed by atoms with Crippen LogP contribution in [0, 0.1) is 5.92 Å². The molecule has 0 radical (unpaired) electrons. The van der Waals surface area contributed by atoms with Crippen molar-refractivity contribution in [3.8, 4) is 0 Å². The maximum Gasteiger partial charge on any atom is 0.412 e. The zero-order chi connectivity index (χ0) is 21.6. The van der Waals surface area contributed by atoms with Crippen molar-refractivity contribution in [1.82, 2.24) is 9.55 Å². The summed E-state index contributed by atoms with van der Waals surface area (Å²) in [5, 5.41) is 37.5. The Morgan fingerprint density at radius 1 is 1.36 bits per heavy atom. The van der Waals surface area contributed by atoms with Gasteiger partial charge in [0.25, 0.3) is 0 Å². The van der Waals surface area contributed by atoms with E-state index in [1.54, 1.807) is 0 Å². The Hall–Kier alpha value is -2.97. The van der Waals surface area contributed by atoms with E-state index in [0.29, 0.717) is 6.20 Å². The molecular formula is C14H17F2N3O9. The number of aliphatic carboxylic acids is 1. The van der Waals surface area contributed by atoms with Crippen LogP contribution in [-0.2, 0) is 9.53 Å². The van der Waals surface area contributed by atoms with Gasteiger partial charge in [-0.2, -0.15) is 13.8 Å². The SMILES string of the molecule is CC(COC(=O)Nc1ccn(C(=O)C(F)(F)[C@H](O)[C@H](O)CO)c(=O)n1)C(=O)O. The van der Waals surface area contributed by atoms with Gasteiger partial charge in [0.2, 0.25) is 0 Å². The Kier molecular flexibility index (Phi) is 7.66. The Morgan fingerprint density at radius 3 is 2.46 bits per heavy atom. The molecule has 1 amide bonds. The fraction of sp³-hybridized carbons (Fsp3) is 0.500. The van der Waals surface area contributed by atoms with Crippen LogP contribution >= 0.6 is 0 Å². The van der Waals surface area contributed by atoms with Gasteiger partial charge in [0.1, 0.15) is 18.5 Å². The summed E-state index contributed by atoms with van der Waals surface area (Å²) in [4.78, 5) is 48.8. The van der Waals surface area contributed by atoms with Crippen LogP contribution in [0.5, 0.6) is 0 Å². The summed E-state index contributed by atoms with van der Waals surface area (Å²) in [5.41, 5.74) is -1.55. The molecule has 3 atom stereocenters. The zero-order valence-corrected chi connectivity index (χ0v) is 14.3. The van der Waals surface area contributed by atoms with Crippen LogP contribution < -0.4 is 11.0 Å². The number of carboxylic acids is 1. The monoisotopic (exact) mass is 409 g/mol. The molecule has 0 aliphatic carbocycles. The molecule has 1 aromatic heterocycles. The highest BCUT2D eigenvalue weighted by atomic mass is 19.3. The van der Waals surface area contributed by atoms with Crippen LogP contribution in [-0.4, -0.2) is 79.3 Å². The van der Waals surface area contributed by atoms with E-state index in [1.165, 1.54) is 6.92 Å². The summed E-state index contributed by atoms with van der Waals surface area (Å²) in [7, 11) is 0. The molecule has 1 unspecified atom stereocenters. The molecule has 0 fully saturated rings. The smallest absolute Gasteiger partial charge is 0.412 e. The first kappa shape index (κ1) is 23.1. The van der Waals surface area contributed by atoms with Gasteiger partial charge >= 0.3 is 29.6 Å². The number of nitrogens with zero attached hydrogens (tertiary/aromatic N) is 2. The molecule has 0 aliphatic rings. The molecule has 12 nitrogen and oxygen atoms in total. The number of carbonyl (C=O) groups excluding carboxylic acids is 2. The first-order valence-corrected chi connectivity index (χ1v) is 7.57. The summed E-state index contributed by atoms with van der Waals surface area (Å²) in [6.45, 7) is -0.486. The van der Waals surface area contributed by atoms with Crippen molar-refractivity contribution in [2.24, 2.45) is 5.92 Å². The standard InChI is InChI=1S/C14H17F2N3O9/c1-6(10(23)24)5-28-13(27)18-8-2-3-19(12(26)17-8)11(25)14(15,16)9(22)7(21)4-20/h2-3,6-7,9,20-22H,4-5H2,1H3,(H,23,24)(H,17,18,26,27)/t6?,7-,9-/m1/s1. The van der Waals surface area contributed by atoms with Crippen molar-refractivity contribution in [2.75, 3.05) is 18.5 Å². The van der Waals surface area contributed by atoms with E-state index in [-0.39, 0.29) is 4.57 Å².